The summed E-state index contributed by atoms with van der Waals surface area (Å²) in [5, 5.41) is 12.8. The van der Waals surface area contributed by atoms with Crippen LogP contribution in [0.5, 0.6) is 0 Å². The van der Waals surface area contributed by atoms with E-state index < -0.39 is 5.97 Å². The predicted molar refractivity (Wildman–Crippen MR) is 55.6 cm³/mol. The van der Waals surface area contributed by atoms with Gasteiger partial charge in [-0.15, -0.1) is 0 Å². The highest BCUT2D eigenvalue weighted by atomic mass is 16.4. The zero-order valence-electron chi connectivity index (χ0n) is 8.66. The van der Waals surface area contributed by atoms with Gasteiger partial charge >= 0.3 is 5.97 Å². The van der Waals surface area contributed by atoms with Crippen LogP contribution < -0.4 is 0 Å². The first-order valence-electron chi connectivity index (χ1n) is 4.71. The lowest BCUT2D eigenvalue weighted by molar-refractivity contribution is -0.137. The average molecular weight is 218 g/mol. The summed E-state index contributed by atoms with van der Waals surface area (Å²) in [6.07, 6.45) is 1.63. The fourth-order valence-electron chi connectivity index (χ4n) is 1.38. The van der Waals surface area contributed by atoms with Gasteiger partial charge in [-0.2, -0.15) is 5.10 Å². The SMILES string of the molecule is Cc1nc(-c2ccccn2)n(CC(=O)O)n1. The van der Waals surface area contributed by atoms with Crippen LogP contribution in [0.4, 0.5) is 0 Å². The maximum atomic E-state index is 10.7. The van der Waals surface area contributed by atoms with Crippen molar-refractivity contribution < 1.29 is 9.90 Å². The Hall–Kier alpha value is -2.24. The van der Waals surface area contributed by atoms with Crippen molar-refractivity contribution in [1.29, 1.82) is 0 Å². The van der Waals surface area contributed by atoms with Crippen LogP contribution in [0, 0.1) is 6.92 Å². The van der Waals surface area contributed by atoms with Crippen LogP contribution in [0.2, 0.25) is 0 Å². The number of aryl methyl sites for hydroxylation is 1. The summed E-state index contributed by atoms with van der Waals surface area (Å²) < 4.78 is 1.33. The number of pyridine rings is 1. The minimum atomic E-state index is -0.956. The van der Waals surface area contributed by atoms with E-state index in [2.05, 4.69) is 15.1 Å². The van der Waals surface area contributed by atoms with E-state index in [-0.39, 0.29) is 6.54 Å². The van der Waals surface area contributed by atoms with Crippen LogP contribution in [-0.4, -0.2) is 30.8 Å². The third-order valence-corrected chi connectivity index (χ3v) is 1.96. The van der Waals surface area contributed by atoms with Crippen molar-refractivity contribution >= 4 is 5.97 Å². The number of hydrogen-bond acceptors (Lipinski definition) is 4. The molecule has 0 aliphatic carbocycles. The summed E-state index contributed by atoms with van der Waals surface area (Å²) in [6.45, 7) is 1.50. The highest BCUT2D eigenvalue weighted by molar-refractivity contribution is 5.67. The lowest BCUT2D eigenvalue weighted by Gasteiger charge is -2.01. The molecule has 0 spiro atoms. The van der Waals surface area contributed by atoms with E-state index in [0.717, 1.165) is 0 Å². The Morgan fingerprint density at radius 1 is 1.50 bits per heavy atom. The maximum absolute atomic E-state index is 10.7. The monoisotopic (exact) mass is 218 g/mol. The molecule has 0 bridgehead atoms. The van der Waals surface area contributed by atoms with Gasteiger partial charge in [0, 0.05) is 6.20 Å². The third-order valence-electron chi connectivity index (χ3n) is 1.96. The first kappa shape index (κ1) is 10.3. The molecule has 82 valence electrons. The molecule has 0 radical (unpaired) electrons. The first-order valence-corrected chi connectivity index (χ1v) is 4.71. The molecular weight excluding hydrogens is 208 g/mol. The van der Waals surface area contributed by atoms with Gasteiger partial charge in [-0.1, -0.05) is 6.07 Å². The highest BCUT2D eigenvalue weighted by Gasteiger charge is 2.12. The zero-order chi connectivity index (χ0) is 11.5. The molecule has 16 heavy (non-hydrogen) atoms. The average Bonchev–Trinajstić information content (AvgIpc) is 2.60. The number of hydrogen-bond donors (Lipinski definition) is 1. The van der Waals surface area contributed by atoms with Crippen molar-refractivity contribution in [3.8, 4) is 11.5 Å². The van der Waals surface area contributed by atoms with E-state index >= 15 is 0 Å². The van der Waals surface area contributed by atoms with Crippen LogP contribution >= 0.6 is 0 Å². The molecule has 1 N–H and O–H groups in total. The van der Waals surface area contributed by atoms with Crippen molar-refractivity contribution in [2.45, 2.75) is 13.5 Å². The Labute approximate surface area is 91.6 Å². The van der Waals surface area contributed by atoms with Crippen molar-refractivity contribution in [3.05, 3.63) is 30.2 Å². The topological polar surface area (TPSA) is 80.9 Å². The first-order chi connectivity index (χ1) is 7.66. The largest absolute Gasteiger partial charge is 0.480 e. The molecule has 0 unspecified atom stereocenters. The van der Waals surface area contributed by atoms with Gasteiger partial charge in [-0.3, -0.25) is 9.78 Å². The number of carboxylic acids is 1. The summed E-state index contributed by atoms with van der Waals surface area (Å²) in [4.78, 5) is 18.9. The standard InChI is InChI=1S/C10H10N4O2/c1-7-12-10(8-4-2-3-5-11-8)14(13-7)6-9(15)16/h2-5H,6H2,1H3,(H,15,16). The number of carbonyl (C=O) groups is 1. The Balaban J connectivity index is 2.44. The summed E-state index contributed by atoms with van der Waals surface area (Å²) in [5.74, 6) is 0.0458. The predicted octanol–water partition coefficient (Wildman–Crippen LogP) is 0.733. The third kappa shape index (κ3) is 2.05. The summed E-state index contributed by atoms with van der Waals surface area (Å²) >= 11 is 0. The lowest BCUT2D eigenvalue weighted by atomic mass is 10.3. The van der Waals surface area contributed by atoms with Crippen molar-refractivity contribution in [1.82, 2.24) is 19.7 Å². The van der Waals surface area contributed by atoms with E-state index in [0.29, 0.717) is 17.3 Å². The zero-order valence-corrected chi connectivity index (χ0v) is 8.66. The van der Waals surface area contributed by atoms with Crippen molar-refractivity contribution in [3.63, 3.8) is 0 Å². The molecule has 2 heterocycles. The number of aliphatic carboxylic acids is 1. The normalized spacial score (nSPS) is 10.3. The molecule has 0 amide bonds. The fourth-order valence-corrected chi connectivity index (χ4v) is 1.38. The molecule has 0 saturated carbocycles. The Kier molecular flexibility index (Phi) is 2.63. The molecule has 2 aromatic rings. The van der Waals surface area contributed by atoms with Gasteiger partial charge < -0.3 is 5.11 Å². The van der Waals surface area contributed by atoms with Crippen LogP contribution in [-0.2, 0) is 11.3 Å². The molecular formula is C10H10N4O2. The van der Waals surface area contributed by atoms with Gasteiger partial charge in [0.2, 0.25) is 0 Å². The second kappa shape index (κ2) is 4.09. The number of rotatable bonds is 3. The molecule has 0 aliphatic heterocycles. The minimum Gasteiger partial charge on any atom is -0.480 e. The van der Waals surface area contributed by atoms with Gasteiger partial charge in [0.05, 0.1) is 0 Å². The minimum absolute atomic E-state index is 0.216. The number of aromatic nitrogens is 4. The molecule has 6 nitrogen and oxygen atoms in total. The molecule has 6 heteroatoms. The van der Waals surface area contributed by atoms with Crippen LogP contribution in [0.3, 0.4) is 0 Å². The van der Waals surface area contributed by atoms with E-state index in [1.807, 2.05) is 6.07 Å². The van der Waals surface area contributed by atoms with Crippen molar-refractivity contribution in [2.75, 3.05) is 0 Å². The Morgan fingerprint density at radius 2 is 2.31 bits per heavy atom. The number of nitrogens with zero attached hydrogens (tertiary/aromatic N) is 4. The van der Waals surface area contributed by atoms with Gasteiger partial charge in [0.15, 0.2) is 5.82 Å². The quantitative estimate of drug-likeness (QED) is 0.821. The molecule has 0 saturated heterocycles. The van der Waals surface area contributed by atoms with Crippen LogP contribution in [0.25, 0.3) is 11.5 Å². The smallest absolute Gasteiger partial charge is 0.325 e. The van der Waals surface area contributed by atoms with Gasteiger partial charge in [0.1, 0.15) is 18.1 Å². The molecule has 0 fully saturated rings. The molecule has 2 aromatic heterocycles. The Bertz CT molecular complexity index is 507. The van der Waals surface area contributed by atoms with E-state index in [9.17, 15) is 4.79 Å². The molecule has 2 rings (SSSR count). The fraction of sp³-hybridized carbons (Fsp3) is 0.200. The summed E-state index contributed by atoms with van der Waals surface area (Å²) in [7, 11) is 0. The van der Waals surface area contributed by atoms with E-state index in [4.69, 9.17) is 5.11 Å². The Morgan fingerprint density at radius 3 is 2.94 bits per heavy atom. The second-order valence-electron chi connectivity index (χ2n) is 3.25. The molecule has 0 aromatic carbocycles. The van der Waals surface area contributed by atoms with E-state index in [1.54, 1.807) is 25.3 Å². The molecule has 0 atom stereocenters. The van der Waals surface area contributed by atoms with Crippen LogP contribution in [0.1, 0.15) is 5.82 Å². The van der Waals surface area contributed by atoms with E-state index in [1.165, 1.54) is 4.68 Å². The lowest BCUT2D eigenvalue weighted by Crippen LogP contribution is -2.11. The van der Waals surface area contributed by atoms with Crippen LogP contribution in [0.15, 0.2) is 24.4 Å². The summed E-state index contributed by atoms with van der Waals surface area (Å²) in [5.41, 5.74) is 0.615. The molecule has 0 aliphatic rings. The highest BCUT2D eigenvalue weighted by Crippen LogP contribution is 2.13. The second-order valence-corrected chi connectivity index (χ2v) is 3.25. The number of carboxylic acid groups (broad SMARTS) is 1. The summed E-state index contributed by atoms with van der Waals surface area (Å²) in [6, 6.07) is 5.37. The van der Waals surface area contributed by atoms with Gasteiger partial charge in [0.25, 0.3) is 0 Å². The van der Waals surface area contributed by atoms with Gasteiger partial charge in [-0.05, 0) is 19.1 Å². The van der Waals surface area contributed by atoms with Crippen molar-refractivity contribution in [2.24, 2.45) is 0 Å². The maximum Gasteiger partial charge on any atom is 0.325 e. The van der Waals surface area contributed by atoms with Gasteiger partial charge in [-0.25, -0.2) is 9.67 Å².